The maximum atomic E-state index is 12.8. The lowest BCUT2D eigenvalue weighted by Gasteiger charge is -2.10. The number of ether oxygens (including phenoxy) is 2. The summed E-state index contributed by atoms with van der Waals surface area (Å²) in [5.74, 6) is 1.31. The molecule has 6 nitrogen and oxygen atoms in total. The van der Waals surface area contributed by atoms with Crippen molar-refractivity contribution in [1.82, 2.24) is 0 Å². The zero-order valence-electron chi connectivity index (χ0n) is 17.4. The summed E-state index contributed by atoms with van der Waals surface area (Å²) >= 11 is 0. The Labute approximate surface area is 182 Å². The van der Waals surface area contributed by atoms with Crippen molar-refractivity contribution in [3.63, 3.8) is 0 Å². The van der Waals surface area contributed by atoms with Gasteiger partial charge in [-0.15, -0.1) is 0 Å². The largest absolute Gasteiger partial charge is 0.497 e. The van der Waals surface area contributed by atoms with Crippen molar-refractivity contribution in [2.45, 2.75) is 0 Å². The van der Waals surface area contributed by atoms with Gasteiger partial charge in [-0.1, -0.05) is 30.3 Å². The Morgan fingerprint density at radius 1 is 0.688 bits per heavy atom. The summed E-state index contributed by atoms with van der Waals surface area (Å²) in [6, 6.07) is 21.3. The molecule has 0 saturated carbocycles. The fraction of sp³-hybridized carbons (Fsp3) is 0.0769. The van der Waals surface area contributed by atoms with E-state index in [0.717, 1.165) is 10.9 Å². The average Bonchev–Trinajstić information content (AvgIpc) is 2.82. The lowest BCUT2D eigenvalue weighted by Crippen LogP contribution is -2.05. The molecule has 0 unspecified atom stereocenters. The summed E-state index contributed by atoms with van der Waals surface area (Å²) < 4.78 is 21.5. The first-order chi connectivity index (χ1) is 15.6. The first kappa shape index (κ1) is 19.6. The molecular formula is C26H18O6. The van der Waals surface area contributed by atoms with Crippen LogP contribution < -0.4 is 20.7 Å². The van der Waals surface area contributed by atoms with E-state index in [4.69, 9.17) is 18.3 Å². The number of methoxy groups -OCH3 is 2. The predicted octanol–water partition coefficient (Wildman–Crippen LogP) is 5.25. The molecule has 0 aliphatic rings. The number of rotatable bonds is 4. The van der Waals surface area contributed by atoms with E-state index >= 15 is 0 Å². The first-order valence-electron chi connectivity index (χ1n) is 9.91. The third-order valence-electron chi connectivity index (χ3n) is 5.40. The normalized spacial score (nSPS) is 11.1. The second-order valence-electron chi connectivity index (χ2n) is 7.24. The van der Waals surface area contributed by atoms with Crippen molar-refractivity contribution in [3.05, 3.63) is 93.6 Å². The molecule has 0 fully saturated rings. The monoisotopic (exact) mass is 426 g/mol. The van der Waals surface area contributed by atoms with E-state index in [9.17, 15) is 9.59 Å². The number of fused-ring (bicyclic) bond motifs is 2. The molecule has 0 atom stereocenters. The molecule has 0 amide bonds. The van der Waals surface area contributed by atoms with Crippen molar-refractivity contribution in [2.24, 2.45) is 0 Å². The number of benzene rings is 3. The van der Waals surface area contributed by atoms with Gasteiger partial charge in [0.2, 0.25) is 0 Å². The van der Waals surface area contributed by atoms with Crippen molar-refractivity contribution < 1.29 is 18.3 Å². The van der Waals surface area contributed by atoms with Crippen LogP contribution in [0.15, 0.2) is 91.2 Å². The van der Waals surface area contributed by atoms with Gasteiger partial charge in [-0.2, -0.15) is 0 Å². The molecule has 0 bridgehead atoms. The average molecular weight is 426 g/mol. The van der Waals surface area contributed by atoms with E-state index in [1.165, 1.54) is 6.07 Å². The van der Waals surface area contributed by atoms with Crippen LogP contribution in [0, 0.1) is 0 Å². The van der Waals surface area contributed by atoms with Crippen molar-refractivity contribution in [1.29, 1.82) is 0 Å². The Morgan fingerprint density at radius 2 is 1.44 bits per heavy atom. The van der Waals surface area contributed by atoms with Gasteiger partial charge in [0.05, 0.1) is 19.8 Å². The molecule has 0 aliphatic heterocycles. The third kappa shape index (κ3) is 3.32. The van der Waals surface area contributed by atoms with Crippen LogP contribution in [0.2, 0.25) is 0 Å². The lowest BCUT2D eigenvalue weighted by molar-refractivity contribution is 0.414. The molecule has 0 spiro atoms. The minimum Gasteiger partial charge on any atom is -0.497 e. The zero-order chi connectivity index (χ0) is 22.2. The van der Waals surface area contributed by atoms with E-state index in [0.29, 0.717) is 44.7 Å². The van der Waals surface area contributed by atoms with Crippen LogP contribution in [0.3, 0.4) is 0 Å². The van der Waals surface area contributed by atoms with Gasteiger partial charge in [0.1, 0.15) is 22.7 Å². The van der Waals surface area contributed by atoms with E-state index in [-0.39, 0.29) is 0 Å². The molecule has 0 N–H and O–H groups in total. The van der Waals surface area contributed by atoms with Crippen molar-refractivity contribution in [3.8, 4) is 33.8 Å². The smallest absolute Gasteiger partial charge is 0.344 e. The van der Waals surface area contributed by atoms with Gasteiger partial charge in [0.15, 0.2) is 0 Å². The van der Waals surface area contributed by atoms with Crippen LogP contribution >= 0.6 is 0 Å². The SMILES string of the molecule is COc1ccc(-c2cc(=O)oc3c(-c4cc5ccc(OC)cc5oc4=O)cccc23)cc1. The van der Waals surface area contributed by atoms with Gasteiger partial charge < -0.3 is 18.3 Å². The van der Waals surface area contributed by atoms with Crippen LogP contribution in [-0.2, 0) is 0 Å². The van der Waals surface area contributed by atoms with Gasteiger partial charge >= 0.3 is 11.3 Å². The predicted molar refractivity (Wildman–Crippen MR) is 123 cm³/mol. The number of para-hydroxylation sites is 1. The summed E-state index contributed by atoms with van der Waals surface area (Å²) in [5.41, 5.74) is 2.03. The topological polar surface area (TPSA) is 78.9 Å². The Morgan fingerprint density at radius 3 is 2.19 bits per heavy atom. The fourth-order valence-electron chi connectivity index (χ4n) is 3.81. The van der Waals surface area contributed by atoms with Crippen LogP contribution in [0.5, 0.6) is 11.5 Å². The second kappa shape index (κ2) is 7.74. The quantitative estimate of drug-likeness (QED) is 0.365. The molecule has 0 radical (unpaired) electrons. The highest BCUT2D eigenvalue weighted by Crippen LogP contribution is 2.34. The maximum absolute atomic E-state index is 12.8. The number of hydrogen-bond acceptors (Lipinski definition) is 6. The molecule has 2 heterocycles. The van der Waals surface area contributed by atoms with Crippen molar-refractivity contribution >= 4 is 21.9 Å². The molecule has 5 rings (SSSR count). The lowest BCUT2D eigenvalue weighted by atomic mass is 9.97. The Balaban J connectivity index is 1.75. The summed E-state index contributed by atoms with van der Waals surface area (Å²) in [6.45, 7) is 0. The highest BCUT2D eigenvalue weighted by Gasteiger charge is 2.16. The van der Waals surface area contributed by atoms with Gasteiger partial charge in [-0.25, -0.2) is 9.59 Å². The van der Waals surface area contributed by atoms with E-state index in [1.807, 2.05) is 42.5 Å². The molecular weight excluding hydrogens is 408 g/mol. The standard InChI is InChI=1S/C26H18O6/c1-29-17-9-6-15(7-10-17)21-14-24(27)32-25-19(21)4-3-5-20(25)22-12-16-8-11-18(30-2)13-23(16)31-26(22)28/h3-14H,1-2H3. The number of hydrogen-bond donors (Lipinski definition) is 0. The van der Waals surface area contributed by atoms with Crippen molar-refractivity contribution in [2.75, 3.05) is 14.2 Å². The highest BCUT2D eigenvalue weighted by atomic mass is 16.5. The van der Waals surface area contributed by atoms with Crippen LogP contribution in [0.1, 0.15) is 0 Å². The minimum atomic E-state index is -0.532. The third-order valence-corrected chi connectivity index (χ3v) is 5.40. The Hall–Kier alpha value is -4.32. The molecule has 6 heteroatoms. The molecule has 5 aromatic rings. The molecule has 158 valence electrons. The Kier molecular flexibility index (Phi) is 4.75. The zero-order valence-corrected chi connectivity index (χ0v) is 17.4. The van der Waals surface area contributed by atoms with Crippen LogP contribution in [-0.4, -0.2) is 14.2 Å². The van der Waals surface area contributed by atoms with Gasteiger partial charge in [-0.3, -0.25) is 0 Å². The fourth-order valence-corrected chi connectivity index (χ4v) is 3.81. The highest BCUT2D eigenvalue weighted by molar-refractivity contribution is 6.01. The molecule has 2 aromatic heterocycles. The van der Waals surface area contributed by atoms with Gasteiger partial charge in [0.25, 0.3) is 0 Å². The maximum Gasteiger partial charge on any atom is 0.344 e. The van der Waals surface area contributed by atoms with E-state index < -0.39 is 11.3 Å². The second-order valence-corrected chi connectivity index (χ2v) is 7.24. The molecule has 0 saturated heterocycles. The Bertz CT molecular complexity index is 1580. The summed E-state index contributed by atoms with van der Waals surface area (Å²) in [7, 11) is 3.14. The summed E-state index contributed by atoms with van der Waals surface area (Å²) in [4.78, 5) is 25.3. The minimum absolute atomic E-state index is 0.309. The van der Waals surface area contributed by atoms with E-state index in [2.05, 4.69) is 0 Å². The summed E-state index contributed by atoms with van der Waals surface area (Å²) in [5, 5.41) is 1.44. The van der Waals surface area contributed by atoms with Crippen LogP contribution in [0.25, 0.3) is 44.2 Å². The molecule has 0 aliphatic carbocycles. The first-order valence-corrected chi connectivity index (χ1v) is 9.91. The van der Waals surface area contributed by atoms with E-state index in [1.54, 1.807) is 38.5 Å². The molecule has 32 heavy (non-hydrogen) atoms. The molecule has 3 aromatic carbocycles. The van der Waals surface area contributed by atoms with Gasteiger partial charge in [0, 0.05) is 28.5 Å². The van der Waals surface area contributed by atoms with Crippen LogP contribution in [0.4, 0.5) is 0 Å². The van der Waals surface area contributed by atoms with Gasteiger partial charge in [-0.05, 0) is 41.5 Å². The summed E-state index contributed by atoms with van der Waals surface area (Å²) in [6.07, 6.45) is 0.